The molecule has 0 aromatic heterocycles. The van der Waals surface area contributed by atoms with E-state index in [2.05, 4.69) is 31.9 Å². The predicted octanol–water partition coefficient (Wildman–Crippen LogP) is 3.69. The molecule has 0 amide bonds. The maximum absolute atomic E-state index is 11.7. The van der Waals surface area contributed by atoms with Gasteiger partial charge >= 0.3 is 11.9 Å². The summed E-state index contributed by atoms with van der Waals surface area (Å²) in [5.41, 5.74) is 4.74. The lowest BCUT2D eigenvalue weighted by atomic mass is 10.1. The Hall–Kier alpha value is -0.220. The quantitative estimate of drug-likeness (QED) is 0.167. The first-order chi connectivity index (χ1) is 12.5. The van der Waals surface area contributed by atoms with Gasteiger partial charge in [0.05, 0.1) is 25.4 Å². The van der Waals surface area contributed by atoms with Gasteiger partial charge in [-0.3, -0.25) is 9.59 Å². The third kappa shape index (κ3) is 13.1. The molecule has 7 nitrogen and oxygen atoms in total. The van der Waals surface area contributed by atoms with Crippen molar-refractivity contribution in [1.29, 1.82) is 0 Å². The van der Waals surface area contributed by atoms with E-state index in [1.807, 2.05) is 13.8 Å². The SMILES string of the molecule is CC(C)(CCOC(C)(N)CCOC(=O)C(C)(C)Br)OCCOC(=O)C(C)(C)Br. The van der Waals surface area contributed by atoms with Crippen LogP contribution in [0.25, 0.3) is 0 Å². The van der Waals surface area contributed by atoms with Crippen molar-refractivity contribution in [2.45, 2.75) is 81.3 Å². The molecule has 0 saturated carbocycles. The van der Waals surface area contributed by atoms with E-state index in [1.54, 1.807) is 34.6 Å². The molecule has 0 bridgehead atoms. The summed E-state index contributed by atoms with van der Waals surface area (Å²) in [5, 5.41) is 0. The molecule has 0 heterocycles. The monoisotopic (exact) mass is 531 g/mol. The summed E-state index contributed by atoms with van der Waals surface area (Å²) in [6.07, 6.45) is 0.979. The lowest BCUT2D eigenvalue weighted by Gasteiger charge is -2.29. The standard InChI is InChI=1S/C19H35Br2NO6/c1-16(2,27-13-12-26-15(24)18(5,6)21)8-11-28-19(7,22)9-10-25-14(23)17(3,4)20/h8-13,22H2,1-7H3. The minimum absolute atomic E-state index is 0.177. The van der Waals surface area contributed by atoms with E-state index < -0.39 is 20.0 Å². The van der Waals surface area contributed by atoms with Gasteiger partial charge in [-0.15, -0.1) is 0 Å². The molecule has 1 unspecified atom stereocenters. The number of rotatable bonds is 13. The summed E-state index contributed by atoms with van der Waals surface area (Å²) in [5.74, 6) is -0.679. The fourth-order valence-electron chi connectivity index (χ4n) is 1.82. The van der Waals surface area contributed by atoms with E-state index in [0.717, 1.165) is 0 Å². The molecule has 0 spiro atoms. The zero-order valence-electron chi connectivity index (χ0n) is 18.0. The second kappa shape index (κ2) is 11.2. The number of hydrogen-bond donors (Lipinski definition) is 1. The molecule has 0 fully saturated rings. The number of carbonyl (C=O) groups is 2. The van der Waals surface area contributed by atoms with Crippen molar-refractivity contribution >= 4 is 43.8 Å². The molecule has 0 aromatic carbocycles. The molecule has 0 radical (unpaired) electrons. The molecule has 166 valence electrons. The fourth-order valence-corrected chi connectivity index (χ4v) is 2.05. The molecule has 0 aliphatic carbocycles. The maximum atomic E-state index is 11.7. The van der Waals surface area contributed by atoms with Gasteiger partial charge in [0.2, 0.25) is 0 Å². The lowest BCUT2D eigenvalue weighted by molar-refractivity contribution is -0.151. The van der Waals surface area contributed by atoms with Crippen LogP contribution in [0.5, 0.6) is 0 Å². The van der Waals surface area contributed by atoms with Gasteiger partial charge in [0.1, 0.15) is 21.0 Å². The molecule has 9 heteroatoms. The Labute approximate surface area is 185 Å². The number of ether oxygens (including phenoxy) is 4. The van der Waals surface area contributed by atoms with Crippen molar-refractivity contribution in [3.63, 3.8) is 0 Å². The Kier molecular flexibility index (Phi) is 11.2. The Morgan fingerprint density at radius 3 is 1.64 bits per heavy atom. The average Bonchev–Trinajstić information content (AvgIpc) is 2.48. The van der Waals surface area contributed by atoms with Crippen LogP contribution in [0.3, 0.4) is 0 Å². The van der Waals surface area contributed by atoms with Crippen LogP contribution in [0.2, 0.25) is 0 Å². The van der Waals surface area contributed by atoms with Crippen LogP contribution in [0.4, 0.5) is 0 Å². The highest BCUT2D eigenvalue weighted by Crippen LogP contribution is 2.20. The first kappa shape index (κ1) is 27.8. The van der Waals surface area contributed by atoms with Crippen molar-refractivity contribution in [1.82, 2.24) is 0 Å². The number of nitrogens with two attached hydrogens (primary N) is 1. The number of esters is 2. The molecule has 0 aliphatic rings. The predicted molar refractivity (Wildman–Crippen MR) is 116 cm³/mol. The summed E-state index contributed by atoms with van der Waals surface area (Å²) in [4.78, 5) is 23.4. The molecular weight excluding hydrogens is 498 g/mol. The van der Waals surface area contributed by atoms with Crippen molar-refractivity contribution in [3.8, 4) is 0 Å². The van der Waals surface area contributed by atoms with Gasteiger partial charge in [-0.25, -0.2) is 0 Å². The smallest absolute Gasteiger partial charge is 0.322 e. The van der Waals surface area contributed by atoms with Crippen LogP contribution in [0.15, 0.2) is 0 Å². The summed E-state index contributed by atoms with van der Waals surface area (Å²) < 4.78 is 20.4. The zero-order valence-corrected chi connectivity index (χ0v) is 21.2. The largest absolute Gasteiger partial charge is 0.464 e. The highest BCUT2D eigenvalue weighted by molar-refractivity contribution is 9.10. The van der Waals surface area contributed by atoms with Crippen molar-refractivity contribution in [3.05, 3.63) is 0 Å². The van der Waals surface area contributed by atoms with E-state index in [9.17, 15) is 9.59 Å². The Morgan fingerprint density at radius 2 is 1.18 bits per heavy atom. The third-order valence-corrected chi connectivity index (χ3v) is 4.40. The molecule has 0 rings (SSSR count). The van der Waals surface area contributed by atoms with E-state index in [-0.39, 0.29) is 25.2 Å². The minimum atomic E-state index is -0.913. The van der Waals surface area contributed by atoms with Crippen LogP contribution in [0.1, 0.15) is 61.3 Å². The van der Waals surface area contributed by atoms with Crippen LogP contribution in [-0.4, -0.2) is 58.3 Å². The van der Waals surface area contributed by atoms with Gasteiger partial charge in [-0.05, 0) is 54.9 Å². The number of hydrogen-bond acceptors (Lipinski definition) is 7. The zero-order chi connectivity index (χ0) is 22.2. The first-order valence-corrected chi connectivity index (χ1v) is 10.8. The second-order valence-corrected chi connectivity index (χ2v) is 12.5. The Morgan fingerprint density at radius 1 is 0.714 bits per heavy atom. The fraction of sp³-hybridized carbons (Fsp3) is 0.895. The third-order valence-electron chi connectivity index (χ3n) is 3.75. The van der Waals surface area contributed by atoms with Crippen molar-refractivity contribution in [2.24, 2.45) is 5.73 Å². The van der Waals surface area contributed by atoms with Crippen molar-refractivity contribution in [2.75, 3.05) is 26.4 Å². The molecule has 28 heavy (non-hydrogen) atoms. The van der Waals surface area contributed by atoms with Crippen LogP contribution >= 0.6 is 31.9 Å². The van der Waals surface area contributed by atoms with E-state index in [0.29, 0.717) is 26.1 Å². The van der Waals surface area contributed by atoms with Gasteiger partial charge in [-0.1, -0.05) is 31.9 Å². The topological polar surface area (TPSA) is 97.1 Å². The number of alkyl halides is 2. The van der Waals surface area contributed by atoms with Gasteiger partial charge in [0, 0.05) is 6.42 Å². The molecular formula is C19H35Br2NO6. The molecule has 0 aliphatic heterocycles. The Balaban J connectivity index is 4.10. The first-order valence-electron chi connectivity index (χ1n) is 9.25. The maximum Gasteiger partial charge on any atom is 0.322 e. The average molecular weight is 533 g/mol. The summed E-state index contributed by atoms with van der Waals surface area (Å²) in [7, 11) is 0. The van der Waals surface area contributed by atoms with E-state index >= 15 is 0 Å². The van der Waals surface area contributed by atoms with Gasteiger partial charge < -0.3 is 24.7 Å². The lowest BCUT2D eigenvalue weighted by Crippen LogP contribution is -2.42. The summed E-state index contributed by atoms with van der Waals surface area (Å²) in [6, 6.07) is 0. The van der Waals surface area contributed by atoms with Gasteiger partial charge in [-0.2, -0.15) is 0 Å². The summed E-state index contributed by atoms with van der Waals surface area (Å²) in [6.45, 7) is 13.5. The van der Waals surface area contributed by atoms with E-state index in [4.69, 9.17) is 24.7 Å². The van der Waals surface area contributed by atoms with Crippen LogP contribution < -0.4 is 5.73 Å². The van der Waals surface area contributed by atoms with E-state index in [1.165, 1.54) is 0 Å². The summed E-state index contributed by atoms with van der Waals surface area (Å²) >= 11 is 6.50. The molecule has 0 saturated heterocycles. The molecule has 0 aromatic rings. The van der Waals surface area contributed by atoms with Crippen molar-refractivity contribution < 1.29 is 28.5 Å². The number of carbonyl (C=O) groups excluding carboxylic acids is 2. The molecule has 2 N–H and O–H groups in total. The highest BCUT2D eigenvalue weighted by atomic mass is 79.9. The second-order valence-electron chi connectivity index (χ2n) is 8.49. The highest BCUT2D eigenvalue weighted by Gasteiger charge is 2.28. The van der Waals surface area contributed by atoms with Crippen LogP contribution in [0, 0.1) is 0 Å². The normalized spacial score (nSPS) is 15.1. The number of halogens is 2. The van der Waals surface area contributed by atoms with Gasteiger partial charge in [0.15, 0.2) is 0 Å². The Bertz CT molecular complexity index is 510. The van der Waals surface area contributed by atoms with Crippen LogP contribution in [-0.2, 0) is 28.5 Å². The van der Waals surface area contributed by atoms with Gasteiger partial charge in [0.25, 0.3) is 0 Å². The molecule has 1 atom stereocenters. The minimum Gasteiger partial charge on any atom is -0.464 e.